The second-order valence-electron chi connectivity index (χ2n) is 5.23. The Labute approximate surface area is 149 Å². The van der Waals surface area contributed by atoms with Crippen molar-refractivity contribution < 1.29 is 12.8 Å². The van der Waals surface area contributed by atoms with E-state index in [2.05, 4.69) is 10.0 Å². The van der Waals surface area contributed by atoms with Crippen LogP contribution in [-0.2, 0) is 10.0 Å². The summed E-state index contributed by atoms with van der Waals surface area (Å²) >= 11 is 5.79. The molecule has 0 spiro atoms. The van der Waals surface area contributed by atoms with Crippen LogP contribution in [0, 0.1) is 0 Å². The van der Waals surface area contributed by atoms with E-state index < -0.39 is 15.6 Å². The highest BCUT2D eigenvalue weighted by molar-refractivity contribution is 7.92. The summed E-state index contributed by atoms with van der Waals surface area (Å²) in [4.78, 5) is 12.3. The van der Waals surface area contributed by atoms with Crippen molar-refractivity contribution in [2.45, 2.75) is 11.8 Å². The Morgan fingerprint density at radius 2 is 1.72 bits per heavy atom. The highest BCUT2D eigenvalue weighted by Gasteiger charge is 2.21. The van der Waals surface area contributed by atoms with Gasteiger partial charge in [0.2, 0.25) is 0 Å². The molecule has 130 valence electrons. The molecular weight excluding hydrogens is 364 g/mol. The molecule has 3 aromatic rings. The lowest BCUT2D eigenvalue weighted by atomic mass is 10.2. The third-order valence-electron chi connectivity index (χ3n) is 3.53. The lowest BCUT2D eigenvalue weighted by Crippen LogP contribution is -2.20. The molecule has 0 saturated heterocycles. The standard InChI is InChI=1S/C17H15ClN2O4S/c1-2-19-15-13-5-3-4-6-14(13)24-17(21)16(15)20-25(22,23)12-9-7-11(18)8-10-12/h3-10,19-20H,2H2,1H3. The minimum absolute atomic E-state index is 0.00749. The summed E-state index contributed by atoms with van der Waals surface area (Å²) in [5.74, 6) is 0. The van der Waals surface area contributed by atoms with Crippen molar-refractivity contribution in [3.63, 3.8) is 0 Å². The summed E-state index contributed by atoms with van der Waals surface area (Å²) in [5.41, 5.74) is -0.174. The SMILES string of the molecule is CCNc1c(NS(=O)(=O)c2ccc(Cl)cc2)c(=O)oc2ccccc12. The predicted molar refractivity (Wildman–Crippen MR) is 98.9 cm³/mol. The van der Waals surface area contributed by atoms with Gasteiger partial charge in [0.1, 0.15) is 5.58 Å². The van der Waals surface area contributed by atoms with Crippen LogP contribution in [0.1, 0.15) is 6.92 Å². The van der Waals surface area contributed by atoms with Gasteiger partial charge in [-0.05, 0) is 43.3 Å². The Balaban J connectivity index is 2.15. The molecule has 8 heteroatoms. The molecule has 0 amide bonds. The first-order valence-corrected chi connectivity index (χ1v) is 9.36. The van der Waals surface area contributed by atoms with Gasteiger partial charge in [0.15, 0.2) is 5.69 Å². The van der Waals surface area contributed by atoms with Crippen molar-refractivity contribution in [1.29, 1.82) is 0 Å². The first-order valence-electron chi connectivity index (χ1n) is 7.50. The van der Waals surface area contributed by atoms with Gasteiger partial charge in [-0.2, -0.15) is 0 Å². The van der Waals surface area contributed by atoms with Crippen molar-refractivity contribution in [3.8, 4) is 0 Å². The number of para-hydroxylation sites is 1. The molecule has 0 bridgehead atoms. The maximum Gasteiger partial charge on any atom is 0.363 e. The number of rotatable bonds is 5. The fourth-order valence-corrected chi connectivity index (χ4v) is 3.60. The number of nitrogens with one attached hydrogen (secondary N) is 2. The normalized spacial score (nSPS) is 11.4. The van der Waals surface area contributed by atoms with Gasteiger partial charge in [0.25, 0.3) is 10.0 Å². The highest BCUT2D eigenvalue weighted by Crippen LogP contribution is 2.30. The van der Waals surface area contributed by atoms with Gasteiger partial charge in [-0.3, -0.25) is 4.72 Å². The number of hydrogen-bond donors (Lipinski definition) is 2. The van der Waals surface area contributed by atoms with E-state index in [4.69, 9.17) is 16.0 Å². The second-order valence-corrected chi connectivity index (χ2v) is 7.34. The van der Waals surface area contributed by atoms with Crippen molar-refractivity contribution in [1.82, 2.24) is 0 Å². The van der Waals surface area contributed by atoms with Gasteiger partial charge < -0.3 is 9.73 Å². The molecule has 0 aliphatic rings. The number of halogens is 1. The first-order chi connectivity index (χ1) is 11.9. The summed E-state index contributed by atoms with van der Waals surface area (Å²) in [6.07, 6.45) is 0. The Hall–Kier alpha value is -2.51. The third kappa shape index (κ3) is 3.47. The maximum absolute atomic E-state index is 12.6. The van der Waals surface area contributed by atoms with Crippen molar-refractivity contribution in [3.05, 3.63) is 64.0 Å². The van der Waals surface area contributed by atoms with Gasteiger partial charge in [-0.25, -0.2) is 13.2 Å². The number of fused-ring (bicyclic) bond motifs is 1. The first kappa shape index (κ1) is 17.3. The van der Waals surface area contributed by atoms with Crippen LogP contribution in [0.25, 0.3) is 11.0 Å². The van der Waals surface area contributed by atoms with E-state index in [0.29, 0.717) is 28.2 Å². The molecule has 0 aliphatic carbocycles. The maximum atomic E-state index is 12.6. The topological polar surface area (TPSA) is 88.4 Å². The van der Waals surface area contributed by atoms with Gasteiger partial charge >= 0.3 is 5.63 Å². The Kier molecular flexibility index (Phi) is 4.69. The number of hydrogen-bond acceptors (Lipinski definition) is 5. The highest BCUT2D eigenvalue weighted by atomic mass is 35.5. The third-order valence-corrected chi connectivity index (χ3v) is 5.14. The van der Waals surface area contributed by atoms with Gasteiger partial charge in [-0.15, -0.1) is 0 Å². The van der Waals surface area contributed by atoms with Crippen LogP contribution in [0.15, 0.2) is 62.6 Å². The minimum atomic E-state index is -3.97. The Morgan fingerprint density at radius 3 is 2.40 bits per heavy atom. The lowest BCUT2D eigenvalue weighted by Gasteiger charge is -2.14. The molecule has 0 fully saturated rings. The largest absolute Gasteiger partial charge is 0.421 e. The zero-order valence-electron chi connectivity index (χ0n) is 13.2. The van der Waals surface area contributed by atoms with E-state index in [1.807, 2.05) is 6.92 Å². The van der Waals surface area contributed by atoms with Crippen LogP contribution in [0.3, 0.4) is 0 Å². The summed E-state index contributed by atoms with van der Waals surface area (Å²) in [5, 5.41) is 4.06. The van der Waals surface area contributed by atoms with Gasteiger partial charge in [-0.1, -0.05) is 23.7 Å². The summed E-state index contributed by atoms with van der Waals surface area (Å²) < 4.78 is 32.8. The monoisotopic (exact) mass is 378 g/mol. The van der Waals surface area contributed by atoms with Crippen LogP contribution < -0.4 is 15.7 Å². The molecule has 0 radical (unpaired) electrons. The molecule has 25 heavy (non-hydrogen) atoms. The van der Waals surface area contributed by atoms with Crippen LogP contribution >= 0.6 is 11.6 Å². The van der Waals surface area contributed by atoms with E-state index >= 15 is 0 Å². The van der Waals surface area contributed by atoms with Crippen molar-refractivity contribution in [2.75, 3.05) is 16.6 Å². The van der Waals surface area contributed by atoms with Crippen LogP contribution in [0.2, 0.25) is 5.02 Å². The molecule has 0 atom stereocenters. The van der Waals surface area contributed by atoms with E-state index in [1.165, 1.54) is 24.3 Å². The van der Waals surface area contributed by atoms with Gasteiger partial charge in [0.05, 0.1) is 10.6 Å². The summed E-state index contributed by atoms with van der Waals surface area (Å²) in [7, 11) is -3.97. The van der Waals surface area contributed by atoms with E-state index in [0.717, 1.165) is 0 Å². The fourth-order valence-electron chi connectivity index (χ4n) is 2.41. The smallest absolute Gasteiger partial charge is 0.363 e. The van der Waals surface area contributed by atoms with E-state index in [-0.39, 0.29) is 10.6 Å². The zero-order valence-corrected chi connectivity index (χ0v) is 14.8. The molecule has 2 aromatic carbocycles. The van der Waals surface area contributed by atoms with Crippen LogP contribution in [0.4, 0.5) is 11.4 Å². The van der Waals surface area contributed by atoms with Crippen LogP contribution in [0.5, 0.6) is 0 Å². The van der Waals surface area contributed by atoms with E-state index in [9.17, 15) is 13.2 Å². The molecule has 2 N–H and O–H groups in total. The average molecular weight is 379 g/mol. The molecular formula is C17H15ClN2O4S. The average Bonchev–Trinajstić information content (AvgIpc) is 2.58. The summed E-state index contributed by atoms with van der Waals surface area (Å²) in [6, 6.07) is 12.6. The lowest BCUT2D eigenvalue weighted by molar-refractivity contribution is 0.563. The van der Waals surface area contributed by atoms with Gasteiger partial charge in [0, 0.05) is 17.0 Å². The molecule has 1 aromatic heterocycles. The molecule has 0 aliphatic heterocycles. The second kappa shape index (κ2) is 6.78. The molecule has 1 heterocycles. The minimum Gasteiger partial charge on any atom is -0.421 e. The summed E-state index contributed by atoms with van der Waals surface area (Å²) in [6.45, 7) is 2.35. The fraction of sp³-hybridized carbons (Fsp3) is 0.118. The molecule has 3 rings (SSSR count). The number of benzene rings is 2. The van der Waals surface area contributed by atoms with Crippen molar-refractivity contribution in [2.24, 2.45) is 0 Å². The Morgan fingerprint density at radius 1 is 1.04 bits per heavy atom. The zero-order chi connectivity index (χ0) is 18.0. The quantitative estimate of drug-likeness (QED) is 0.661. The Bertz CT molecular complexity index is 1080. The number of sulfonamides is 1. The van der Waals surface area contributed by atoms with Crippen molar-refractivity contribution >= 4 is 44.0 Å². The predicted octanol–water partition coefficient (Wildman–Crippen LogP) is 3.68. The van der Waals surface area contributed by atoms with E-state index in [1.54, 1.807) is 24.3 Å². The molecule has 0 saturated carbocycles. The van der Waals surface area contributed by atoms with Crippen LogP contribution in [-0.4, -0.2) is 15.0 Å². The molecule has 0 unspecified atom stereocenters. The number of anilines is 2. The molecule has 6 nitrogen and oxygen atoms in total.